The molecule has 2 aromatic carbocycles. The van der Waals surface area contributed by atoms with Gasteiger partial charge in [-0.2, -0.15) is 0 Å². The number of aromatic nitrogens is 1. The van der Waals surface area contributed by atoms with Crippen LogP contribution in [0.15, 0.2) is 77.3 Å². The number of nitrogens with zero attached hydrogens (tertiary/aromatic N) is 1. The highest BCUT2D eigenvalue weighted by atomic mass is 16.5. The van der Waals surface area contributed by atoms with Crippen LogP contribution in [0.25, 0.3) is 22.3 Å². The third-order valence-electron chi connectivity index (χ3n) is 5.78. The lowest BCUT2D eigenvalue weighted by Crippen LogP contribution is -2.32. The van der Waals surface area contributed by atoms with Crippen molar-refractivity contribution in [1.82, 2.24) is 10.3 Å². The molecule has 8 heteroatoms. The number of benzene rings is 2. The molecule has 3 N–H and O–H groups in total. The van der Waals surface area contributed by atoms with Crippen LogP contribution in [0.1, 0.15) is 30.6 Å². The first-order valence-corrected chi connectivity index (χ1v) is 11.8. The van der Waals surface area contributed by atoms with Crippen LogP contribution >= 0.6 is 0 Å². The normalized spacial score (nSPS) is 11.9. The van der Waals surface area contributed by atoms with E-state index in [1.807, 2.05) is 54.6 Å². The number of carbonyl (C=O) groups excluding carboxylic acids is 1. The van der Waals surface area contributed by atoms with Crippen LogP contribution in [0.2, 0.25) is 0 Å². The summed E-state index contributed by atoms with van der Waals surface area (Å²) in [7, 11) is 0. The Morgan fingerprint density at radius 1 is 1.06 bits per heavy atom. The standard InChI is InChI=1S/C28H29N3O5/c1-18(2)23(31-26-12-9-21(16-30-26)28(34)29-14-13-27(32)33)17-35-22-10-7-19(8-11-22)25-15-20-5-3-4-6-24(20)36-25/h3-12,15-16,18,23H,13-14,17H2,1-2H3,(H,29,34)(H,30,31)(H,32,33). The van der Waals surface area contributed by atoms with Gasteiger partial charge in [0.05, 0.1) is 18.0 Å². The van der Waals surface area contributed by atoms with Crippen LogP contribution in [0.5, 0.6) is 5.75 Å². The molecule has 0 bridgehead atoms. The molecule has 0 radical (unpaired) electrons. The average molecular weight is 488 g/mol. The van der Waals surface area contributed by atoms with E-state index in [0.29, 0.717) is 18.0 Å². The SMILES string of the molecule is CC(C)C(COc1ccc(-c2cc3ccccc3o2)cc1)Nc1ccc(C(=O)NCCC(=O)O)cn1. The summed E-state index contributed by atoms with van der Waals surface area (Å²) >= 11 is 0. The summed E-state index contributed by atoms with van der Waals surface area (Å²) in [6, 6.07) is 21.1. The number of rotatable bonds is 11. The third kappa shape index (κ3) is 6.41. The number of fused-ring (bicyclic) bond motifs is 1. The number of para-hydroxylation sites is 1. The van der Waals surface area contributed by atoms with Crippen molar-refractivity contribution in [1.29, 1.82) is 0 Å². The maximum Gasteiger partial charge on any atom is 0.305 e. The second-order valence-corrected chi connectivity index (χ2v) is 8.81. The Morgan fingerprint density at radius 2 is 1.83 bits per heavy atom. The summed E-state index contributed by atoms with van der Waals surface area (Å²) in [5, 5.41) is 15.7. The van der Waals surface area contributed by atoms with Gasteiger partial charge >= 0.3 is 5.97 Å². The zero-order chi connectivity index (χ0) is 25.5. The topological polar surface area (TPSA) is 114 Å². The Balaban J connectivity index is 1.32. The number of ether oxygens (including phenoxy) is 1. The number of carboxylic acids is 1. The quantitative estimate of drug-likeness (QED) is 0.266. The number of furan rings is 1. The van der Waals surface area contributed by atoms with Gasteiger partial charge in [-0.15, -0.1) is 0 Å². The molecule has 186 valence electrons. The van der Waals surface area contributed by atoms with Crippen molar-refractivity contribution in [3.05, 3.63) is 78.5 Å². The number of nitrogens with one attached hydrogen (secondary N) is 2. The lowest BCUT2D eigenvalue weighted by molar-refractivity contribution is -0.136. The predicted molar refractivity (Wildman–Crippen MR) is 138 cm³/mol. The van der Waals surface area contributed by atoms with Gasteiger partial charge in [0.2, 0.25) is 0 Å². The van der Waals surface area contributed by atoms with Gasteiger partial charge in [-0.05, 0) is 54.4 Å². The van der Waals surface area contributed by atoms with E-state index in [-0.39, 0.29) is 30.8 Å². The highest BCUT2D eigenvalue weighted by Crippen LogP contribution is 2.29. The average Bonchev–Trinajstić information content (AvgIpc) is 3.31. The molecule has 1 unspecified atom stereocenters. The molecule has 0 aliphatic heterocycles. The number of carbonyl (C=O) groups is 2. The monoisotopic (exact) mass is 487 g/mol. The lowest BCUT2D eigenvalue weighted by atomic mass is 10.1. The van der Waals surface area contributed by atoms with Crippen LogP contribution in [-0.2, 0) is 4.79 Å². The molecule has 0 saturated heterocycles. The highest BCUT2D eigenvalue weighted by Gasteiger charge is 2.16. The molecule has 0 spiro atoms. The molecule has 1 amide bonds. The first kappa shape index (κ1) is 24.8. The molecule has 4 aromatic rings. The largest absolute Gasteiger partial charge is 0.491 e. The van der Waals surface area contributed by atoms with Crippen molar-refractivity contribution in [2.75, 3.05) is 18.5 Å². The van der Waals surface area contributed by atoms with E-state index >= 15 is 0 Å². The Labute approximate surface area is 209 Å². The van der Waals surface area contributed by atoms with Crippen molar-refractivity contribution >= 4 is 28.7 Å². The van der Waals surface area contributed by atoms with Gasteiger partial charge in [-0.1, -0.05) is 32.0 Å². The van der Waals surface area contributed by atoms with Crippen LogP contribution in [0, 0.1) is 5.92 Å². The zero-order valence-electron chi connectivity index (χ0n) is 20.2. The summed E-state index contributed by atoms with van der Waals surface area (Å²) in [5.74, 6) is 1.14. The van der Waals surface area contributed by atoms with Crippen molar-refractivity contribution in [3.8, 4) is 17.1 Å². The summed E-state index contributed by atoms with van der Waals surface area (Å²) in [6.45, 7) is 4.69. The maximum absolute atomic E-state index is 12.1. The molecule has 36 heavy (non-hydrogen) atoms. The van der Waals surface area contributed by atoms with Gasteiger partial charge < -0.3 is 24.9 Å². The molecular formula is C28H29N3O5. The number of hydrogen-bond acceptors (Lipinski definition) is 6. The van der Waals surface area contributed by atoms with E-state index in [1.54, 1.807) is 12.1 Å². The van der Waals surface area contributed by atoms with E-state index < -0.39 is 5.97 Å². The number of amides is 1. The van der Waals surface area contributed by atoms with E-state index in [1.165, 1.54) is 6.20 Å². The third-order valence-corrected chi connectivity index (χ3v) is 5.78. The first-order chi connectivity index (χ1) is 17.4. The van der Waals surface area contributed by atoms with Crippen LogP contribution in [0.3, 0.4) is 0 Å². The summed E-state index contributed by atoms with van der Waals surface area (Å²) in [5.41, 5.74) is 2.21. The summed E-state index contributed by atoms with van der Waals surface area (Å²) < 4.78 is 12.0. The van der Waals surface area contributed by atoms with Crippen LogP contribution in [-0.4, -0.2) is 41.2 Å². The second-order valence-electron chi connectivity index (χ2n) is 8.81. The van der Waals surface area contributed by atoms with Gasteiger partial charge in [0.1, 0.15) is 29.5 Å². The minimum Gasteiger partial charge on any atom is -0.491 e. The van der Waals surface area contributed by atoms with Gasteiger partial charge in [0.25, 0.3) is 5.91 Å². The van der Waals surface area contributed by atoms with E-state index in [9.17, 15) is 9.59 Å². The van der Waals surface area contributed by atoms with Crippen molar-refractivity contribution in [2.24, 2.45) is 5.92 Å². The zero-order valence-corrected chi connectivity index (χ0v) is 20.2. The number of pyridine rings is 1. The molecule has 0 aliphatic carbocycles. The lowest BCUT2D eigenvalue weighted by Gasteiger charge is -2.23. The molecule has 0 aliphatic rings. The minimum absolute atomic E-state index is 0.0113. The summed E-state index contributed by atoms with van der Waals surface area (Å²) in [6.07, 6.45) is 1.34. The number of anilines is 1. The van der Waals surface area contributed by atoms with Crippen molar-refractivity contribution < 1.29 is 23.8 Å². The molecule has 0 fully saturated rings. The second kappa shape index (κ2) is 11.4. The summed E-state index contributed by atoms with van der Waals surface area (Å²) in [4.78, 5) is 27.0. The van der Waals surface area contributed by atoms with Gasteiger partial charge in [0.15, 0.2) is 0 Å². The van der Waals surface area contributed by atoms with Crippen molar-refractivity contribution in [2.45, 2.75) is 26.3 Å². The van der Waals surface area contributed by atoms with E-state index in [0.717, 1.165) is 28.0 Å². The number of carboxylic acid groups (broad SMARTS) is 1. The molecule has 2 aromatic heterocycles. The first-order valence-electron chi connectivity index (χ1n) is 11.8. The van der Waals surface area contributed by atoms with Gasteiger partial charge in [0, 0.05) is 23.7 Å². The maximum atomic E-state index is 12.1. The van der Waals surface area contributed by atoms with Gasteiger partial charge in [-0.25, -0.2) is 4.98 Å². The number of aliphatic carboxylic acids is 1. The highest BCUT2D eigenvalue weighted by molar-refractivity contribution is 5.94. The molecule has 0 saturated carbocycles. The smallest absolute Gasteiger partial charge is 0.305 e. The Hall–Kier alpha value is -4.33. The number of hydrogen-bond donors (Lipinski definition) is 3. The molecule has 1 atom stereocenters. The van der Waals surface area contributed by atoms with E-state index in [4.69, 9.17) is 14.3 Å². The Bertz CT molecular complexity index is 1280. The van der Waals surface area contributed by atoms with Crippen molar-refractivity contribution in [3.63, 3.8) is 0 Å². The van der Waals surface area contributed by atoms with Crippen LogP contribution < -0.4 is 15.4 Å². The Morgan fingerprint density at radius 3 is 2.50 bits per heavy atom. The van der Waals surface area contributed by atoms with Crippen LogP contribution in [0.4, 0.5) is 5.82 Å². The Kier molecular flexibility index (Phi) is 7.85. The van der Waals surface area contributed by atoms with Gasteiger partial charge in [-0.3, -0.25) is 9.59 Å². The molecule has 8 nitrogen and oxygen atoms in total. The molecule has 4 rings (SSSR count). The molecular weight excluding hydrogens is 458 g/mol. The fraction of sp³-hybridized carbons (Fsp3) is 0.250. The predicted octanol–water partition coefficient (Wildman–Crippen LogP) is 5.21. The van der Waals surface area contributed by atoms with E-state index in [2.05, 4.69) is 29.5 Å². The molecule has 2 heterocycles. The minimum atomic E-state index is -0.961. The fourth-order valence-electron chi connectivity index (χ4n) is 3.61. The fourth-order valence-corrected chi connectivity index (χ4v) is 3.61.